The lowest BCUT2D eigenvalue weighted by molar-refractivity contribution is 0.0969. The molecular formula is C19H25BrN4O2S. The molecule has 1 aliphatic heterocycles. The molecule has 1 fully saturated rings. The van der Waals surface area contributed by atoms with Gasteiger partial charge in [0.15, 0.2) is 5.11 Å². The second kappa shape index (κ2) is 10.6. The number of halogens is 1. The van der Waals surface area contributed by atoms with Crippen molar-refractivity contribution < 1.29 is 9.53 Å². The highest BCUT2D eigenvalue weighted by Crippen LogP contribution is 2.26. The van der Waals surface area contributed by atoms with Crippen LogP contribution in [-0.2, 0) is 0 Å². The number of thiocarbonyl (C=S) groups is 1. The van der Waals surface area contributed by atoms with Crippen LogP contribution in [0.5, 0.6) is 5.75 Å². The highest BCUT2D eigenvalue weighted by molar-refractivity contribution is 9.10. The highest BCUT2D eigenvalue weighted by Gasteiger charge is 2.20. The summed E-state index contributed by atoms with van der Waals surface area (Å²) in [5.41, 5.74) is 0.522. The van der Waals surface area contributed by atoms with Gasteiger partial charge < -0.3 is 9.64 Å². The van der Waals surface area contributed by atoms with E-state index in [-0.39, 0.29) is 5.91 Å². The molecule has 0 saturated carbocycles. The molecule has 1 saturated heterocycles. The minimum Gasteiger partial charge on any atom is -0.492 e. The zero-order valence-corrected chi connectivity index (χ0v) is 18.1. The molecule has 1 N–H and O–H groups in total. The average Bonchev–Trinajstić information content (AvgIpc) is 2.65. The number of hydrogen-bond acceptors (Lipinski definition) is 5. The van der Waals surface area contributed by atoms with Crippen LogP contribution in [-0.4, -0.2) is 60.2 Å². The van der Waals surface area contributed by atoms with Gasteiger partial charge in [0.25, 0.3) is 5.91 Å². The predicted molar refractivity (Wildman–Crippen MR) is 113 cm³/mol. The van der Waals surface area contributed by atoms with Gasteiger partial charge in [-0.3, -0.25) is 15.0 Å². The monoisotopic (exact) mass is 452 g/mol. The molecule has 1 aromatic carbocycles. The second-order valence-corrected chi connectivity index (χ2v) is 8.09. The molecule has 0 aliphatic carbocycles. The van der Waals surface area contributed by atoms with Crippen molar-refractivity contribution in [3.05, 3.63) is 28.2 Å². The molecule has 8 heteroatoms. The number of carbonyl (C=O) groups is 1. The number of nitriles is 1. The summed E-state index contributed by atoms with van der Waals surface area (Å²) in [6.45, 7) is 8.74. The highest BCUT2D eigenvalue weighted by atomic mass is 79.9. The van der Waals surface area contributed by atoms with E-state index in [9.17, 15) is 4.79 Å². The largest absolute Gasteiger partial charge is 0.492 e. The number of rotatable bonds is 6. The molecule has 1 aliphatic rings. The van der Waals surface area contributed by atoms with E-state index < -0.39 is 0 Å². The summed E-state index contributed by atoms with van der Waals surface area (Å²) in [6.07, 6.45) is 0.535. The van der Waals surface area contributed by atoms with Crippen LogP contribution in [0.1, 0.15) is 30.6 Å². The van der Waals surface area contributed by atoms with Crippen molar-refractivity contribution in [3.63, 3.8) is 0 Å². The van der Waals surface area contributed by atoms with E-state index in [4.69, 9.17) is 22.2 Å². The quantitative estimate of drug-likeness (QED) is 0.668. The SMILES string of the molecule is CC(C)COc1ccc(C(=O)NC(=S)N2CCN(CCC#N)CC2)cc1Br. The van der Waals surface area contributed by atoms with Crippen molar-refractivity contribution in [2.45, 2.75) is 20.3 Å². The van der Waals surface area contributed by atoms with Crippen molar-refractivity contribution in [1.82, 2.24) is 15.1 Å². The Labute approximate surface area is 174 Å². The maximum absolute atomic E-state index is 12.5. The summed E-state index contributed by atoms with van der Waals surface area (Å²) in [7, 11) is 0. The van der Waals surface area contributed by atoms with E-state index in [2.05, 4.69) is 46.1 Å². The summed E-state index contributed by atoms with van der Waals surface area (Å²) in [5.74, 6) is 0.914. The second-order valence-electron chi connectivity index (χ2n) is 6.85. The molecule has 6 nitrogen and oxygen atoms in total. The maximum Gasteiger partial charge on any atom is 0.257 e. The van der Waals surface area contributed by atoms with Crippen molar-refractivity contribution in [2.24, 2.45) is 5.92 Å². The van der Waals surface area contributed by atoms with Gasteiger partial charge in [-0.1, -0.05) is 13.8 Å². The lowest BCUT2D eigenvalue weighted by atomic mass is 10.2. The number of ether oxygens (including phenoxy) is 1. The number of benzene rings is 1. The molecule has 146 valence electrons. The first-order valence-electron chi connectivity index (χ1n) is 9.02. The van der Waals surface area contributed by atoms with Crippen LogP contribution in [0, 0.1) is 17.2 Å². The van der Waals surface area contributed by atoms with E-state index in [1.54, 1.807) is 18.2 Å². The van der Waals surface area contributed by atoms with E-state index in [1.807, 2.05) is 4.90 Å². The summed E-state index contributed by atoms with van der Waals surface area (Å²) < 4.78 is 6.45. The van der Waals surface area contributed by atoms with Gasteiger partial charge >= 0.3 is 0 Å². The van der Waals surface area contributed by atoms with Gasteiger partial charge in [-0.15, -0.1) is 0 Å². The van der Waals surface area contributed by atoms with Crippen molar-refractivity contribution in [1.29, 1.82) is 5.26 Å². The van der Waals surface area contributed by atoms with Crippen LogP contribution in [0.15, 0.2) is 22.7 Å². The van der Waals surface area contributed by atoms with Crippen LogP contribution in [0.3, 0.4) is 0 Å². The Morgan fingerprint density at radius 2 is 2.07 bits per heavy atom. The number of hydrogen-bond donors (Lipinski definition) is 1. The lowest BCUT2D eigenvalue weighted by Crippen LogP contribution is -2.52. The molecule has 2 rings (SSSR count). The Hall–Kier alpha value is -1.69. The normalized spacial score (nSPS) is 14.7. The fourth-order valence-electron chi connectivity index (χ4n) is 2.65. The number of carbonyl (C=O) groups excluding carboxylic acids is 1. The summed E-state index contributed by atoms with van der Waals surface area (Å²) in [6, 6.07) is 7.43. The van der Waals surface area contributed by atoms with Gasteiger partial charge in [0, 0.05) is 44.7 Å². The minimum atomic E-state index is -0.233. The molecule has 27 heavy (non-hydrogen) atoms. The predicted octanol–water partition coefficient (Wildman–Crippen LogP) is 3.03. The Morgan fingerprint density at radius 1 is 1.37 bits per heavy atom. The summed E-state index contributed by atoms with van der Waals surface area (Å²) in [5, 5.41) is 11.9. The molecular weight excluding hydrogens is 428 g/mol. The van der Waals surface area contributed by atoms with E-state index in [0.29, 0.717) is 29.6 Å². The van der Waals surface area contributed by atoms with Crippen molar-refractivity contribution in [2.75, 3.05) is 39.3 Å². The minimum absolute atomic E-state index is 0.233. The standard InChI is InChI=1S/C19H25BrN4O2S/c1-14(2)13-26-17-5-4-15(12-16(17)20)18(25)22-19(27)24-10-8-23(9-11-24)7-3-6-21/h4-5,12,14H,3,7-11,13H2,1-2H3,(H,22,25,27). The number of nitrogens with one attached hydrogen (secondary N) is 1. The fraction of sp³-hybridized carbons (Fsp3) is 0.526. The third-order valence-electron chi connectivity index (χ3n) is 4.19. The molecule has 0 unspecified atom stereocenters. The first kappa shape index (κ1) is 21.6. The van der Waals surface area contributed by atoms with E-state index in [0.717, 1.165) is 42.9 Å². The lowest BCUT2D eigenvalue weighted by Gasteiger charge is -2.35. The fourth-order valence-corrected chi connectivity index (χ4v) is 3.42. The van der Waals surface area contributed by atoms with Crippen LogP contribution < -0.4 is 10.1 Å². The van der Waals surface area contributed by atoms with Gasteiger partial charge in [-0.25, -0.2) is 0 Å². The smallest absolute Gasteiger partial charge is 0.257 e. The van der Waals surface area contributed by atoms with Crippen molar-refractivity contribution >= 4 is 39.2 Å². The van der Waals surface area contributed by atoms with E-state index >= 15 is 0 Å². The Morgan fingerprint density at radius 3 is 2.67 bits per heavy atom. The molecule has 0 spiro atoms. The molecule has 1 aromatic rings. The average molecular weight is 453 g/mol. The Balaban J connectivity index is 1.87. The first-order valence-corrected chi connectivity index (χ1v) is 10.2. The molecule has 1 heterocycles. The number of piperazine rings is 1. The van der Waals surface area contributed by atoms with Gasteiger partial charge in [0.1, 0.15) is 5.75 Å². The number of nitrogens with zero attached hydrogens (tertiary/aromatic N) is 3. The van der Waals surface area contributed by atoms with Crippen LogP contribution in [0.25, 0.3) is 0 Å². The summed E-state index contributed by atoms with van der Waals surface area (Å²) in [4.78, 5) is 16.7. The zero-order valence-electron chi connectivity index (χ0n) is 15.7. The van der Waals surface area contributed by atoms with Crippen molar-refractivity contribution in [3.8, 4) is 11.8 Å². The Kier molecular flexibility index (Phi) is 8.48. The van der Waals surface area contributed by atoms with E-state index in [1.165, 1.54) is 0 Å². The van der Waals surface area contributed by atoms with Gasteiger partial charge in [-0.05, 0) is 52.3 Å². The third-order valence-corrected chi connectivity index (χ3v) is 5.17. The van der Waals surface area contributed by atoms with Crippen LogP contribution in [0.2, 0.25) is 0 Å². The molecule has 0 aromatic heterocycles. The number of amides is 1. The maximum atomic E-state index is 12.5. The topological polar surface area (TPSA) is 68.6 Å². The molecule has 1 amide bonds. The zero-order chi connectivity index (χ0) is 19.8. The molecule has 0 radical (unpaired) electrons. The third kappa shape index (κ3) is 6.76. The van der Waals surface area contributed by atoms with Gasteiger partial charge in [0.2, 0.25) is 0 Å². The van der Waals surface area contributed by atoms with Gasteiger partial charge in [-0.2, -0.15) is 5.26 Å². The summed E-state index contributed by atoms with van der Waals surface area (Å²) >= 11 is 8.85. The van der Waals surface area contributed by atoms with Crippen LogP contribution >= 0.6 is 28.1 Å². The molecule has 0 bridgehead atoms. The van der Waals surface area contributed by atoms with Crippen LogP contribution in [0.4, 0.5) is 0 Å². The molecule has 0 atom stereocenters. The Bertz CT molecular complexity index is 712. The first-order chi connectivity index (χ1) is 12.9. The van der Waals surface area contributed by atoms with Gasteiger partial charge in [0.05, 0.1) is 17.1 Å².